The second-order valence-corrected chi connectivity index (χ2v) is 6.09. The lowest BCUT2D eigenvalue weighted by Gasteiger charge is -2.27. The van der Waals surface area contributed by atoms with Gasteiger partial charge in [0, 0.05) is 11.1 Å². The second-order valence-electron chi connectivity index (χ2n) is 5.24. The predicted octanol–water partition coefficient (Wildman–Crippen LogP) is 5.05. The number of rotatable bonds is 8. The first-order valence-electron chi connectivity index (χ1n) is 7.75. The van der Waals surface area contributed by atoms with E-state index >= 15 is 0 Å². The Hall–Kier alpha value is -1.26. The number of benzene rings is 1. The maximum Gasteiger partial charge on any atom is 0.328 e. The molecule has 0 aliphatic carbocycles. The van der Waals surface area contributed by atoms with Gasteiger partial charge >= 0.3 is 11.9 Å². The monoisotopic (exact) mass is 360 g/mol. The third-order valence-corrected chi connectivity index (χ3v) is 4.36. The van der Waals surface area contributed by atoms with Gasteiger partial charge in [0.15, 0.2) is 11.2 Å². The molecule has 0 unspecified atom stereocenters. The van der Waals surface area contributed by atoms with Crippen LogP contribution < -0.4 is 4.74 Å². The molecule has 1 rings (SSSR count). The first-order chi connectivity index (χ1) is 10.9. The molecule has 0 aliphatic heterocycles. The van der Waals surface area contributed by atoms with Gasteiger partial charge in [0.2, 0.25) is 0 Å². The molecular weight excluding hydrogens is 339 g/mol. The van der Waals surface area contributed by atoms with Crippen molar-refractivity contribution in [3.63, 3.8) is 0 Å². The normalized spacial score (nSPS) is 11.2. The van der Waals surface area contributed by atoms with Gasteiger partial charge in [0.25, 0.3) is 0 Å². The van der Waals surface area contributed by atoms with E-state index in [1.54, 1.807) is 19.9 Å². The van der Waals surface area contributed by atoms with E-state index in [9.17, 15) is 9.59 Å². The van der Waals surface area contributed by atoms with Gasteiger partial charge in [-0.1, -0.05) is 50.4 Å². The summed E-state index contributed by atoms with van der Waals surface area (Å²) in [5, 5.41) is 0.643. The smallest absolute Gasteiger partial charge is 0.328 e. The number of carbonyl (C=O) groups excluding carboxylic acids is 2. The van der Waals surface area contributed by atoms with Crippen LogP contribution in [0.3, 0.4) is 0 Å². The first kappa shape index (κ1) is 19.8. The summed E-state index contributed by atoms with van der Waals surface area (Å²) in [7, 11) is 0. The molecule has 128 valence electrons. The van der Waals surface area contributed by atoms with Crippen LogP contribution in [0.2, 0.25) is 10.0 Å². The van der Waals surface area contributed by atoms with Crippen LogP contribution in [0.4, 0.5) is 0 Å². The van der Waals surface area contributed by atoms with Crippen molar-refractivity contribution in [3.05, 3.63) is 28.2 Å². The van der Waals surface area contributed by atoms with E-state index in [1.165, 1.54) is 12.1 Å². The molecule has 23 heavy (non-hydrogen) atoms. The standard InChI is InChI=1S/C17H22Cl2O4/c1-4-7-10-22-15(20)17(5-2,6-3)16(21)23-14-11-12(18)8-9-13(14)19/h8-9,11H,4-7,10H2,1-3H3. The molecule has 0 saturated carbocycles. The number of ether oxygens (including phenoxy) is 2. The third-order valence-electron chi connectivity index (χ3n) is 3.82. The average Bonchev–Trinajstić information content (AvgIpc) is 2.53. The Morgan fingerprint density at radius 3 is 2.30 bits per heavy atom. The summed E-state index contributed by atoms with van der Waals surface area (Å²) in [4.78, 5) is 25.0. The molecule has 0 atom stereocenters. The molecule has 0 heterocycles. The van der Waals surface area contributed by atoms with E-state index in [0.717, 1.165) is 12.8 Å². The van der Waals surface area contributed by atoms with Crippen LogP contribution in [0.15, 0.2) is 18.2 Å². The summed E-state index contributed by atoms with van der Waals surface area (Å²) < 4.78 is 10.6. The quantitative estimate of drug-likeness (QED) is 0.281. The predicted molar refractivity (Wildman–Crippen MR) is 91.0 cm³/mol. The van der Waals surface area contributed by atoms with E-state index in [1.807, 2.05) is 6.92 Å². The van der Waals surface area contributed by atoms with Crippen molar-refractivity contribution in [3.8, 4) is 5.75 Å². The van der Waals surface area contributed by atoms with Crippen LogP contribution in [0.5, 0.6) is 5.75 Å². The molecule has 0 amide bonds. The second kappa shape index (κ2) is 9.14. The zero-order chi connectivity index (χ0) is 17.5. The van der Waals surface area contributed by atoms with Crippen LogP contribution in [0.25, 0.3) is 0 Å². The third kappa shape index (κ3) is 4.85. The Kier molecular flexibility index (Phi) is 7.86. The Balaban J connectivity index is 2.97. The lowest BCUT2D eigenvalue weighted by atomic mass is 9.82. The fraction of sp³-hybridized carbons (Fsp3) is 0.529. The van der Waals surface area contributed by atoms with Gasteiger partial charge in [0.05, 0.1) is 11.6 Å². The van der Waals surface area contributed by atoms with Gasteiger partial charge in [-0.2, -0.15) is 0 Å². The maximum atomic E-state index is 12.6. The number of unbranched alkanes of at least 4 members (excludes halogenated alkanes) is 1. The van der Waals surface area contributed by atoms with Gasteiger partial charge in [-0.15, -0.1) is 0 Å². The van der Waals surface area contributed by atoms with Crippen molar-refractivity contribution in [1.82, 2.24) is 0 Å². The van der Waals surface area contributed by atoms with E-state index in [4.69, 9.17) is 32.7 Å². The molecule has 6 heteroatoms. The van der Waals surface area contributed by atoms with Crippen LogP contribution in [0.1, 0.15) is 46.5 Å². The molecule has 1 aromatic carbocycles. The molecule has 1 aromatic rings. The summed E-state index contributed by atoms with van der Waals surface area (Å²) in [6.45, 7) is 5.80. The molecule has 0 saturated heterocycles. The fourth-order valence-corrected chi connectivity index (χ4v) is 2.43. The number of halogens is 2. The van der Waals surface area contributed by atoms with Crippen LogP contribution >= 0.6 is 23.2 Å². The lowest BCUT2D eigenvalue weighted by molar-refractivity contribution is -0.168. The van der Waals surface area contributed by atoms with Gasteiger partial charge in [-0.3, -0.25) is 9.59 Å². The van der Waals surface area contributed by atoms with Crippen LogP contribution in [-0.4, -0.2) is 18.5 Å². The molecule has 0 spiro atoms. The number of hydrogen-bond acceptors (Lipinski definition) is 4. The van der Waals surface area contributed by atoms with Crippen molar-refractivity contribution >= 4 is 35.1 Å². The van der Waals surface area contributed by atoms with Crippen molar-refractivity contribution in [2.75, 3.05) is 6.61 Å². The first-order valence-corrected chi connectivity index (χ1v) is 8.51. The molecule has 0 aromatic heterocycles. The minimum atomic E-state index is -1.33. The molecule has 0 fully saturated rings. The van der Waals surface area contributed by atoms with Crippen LogP contribution in [0, 0.1) is 5.41 Å². The zero-order valence-electron chi connectivity index (χ0n) is 13.7. The summed E-state index contributed by atoms with van der Waals surface area (Å²) >= 11 is 11.9. The van der Waals surface area contributed by atoms with Crippen molar-refractivity contribution in [1.29, 1.82) is 0 Å². The highest BCUT2D eigenvalue weighted by molar-refractivity contribution is 6.34. The maximum absolute atomic E-state index is 12.6. The minimum absolute atomic E-state index is 0.136. The summed E-state index contributed by atoms with van der Waals surface area (Å²) in [6.07, 6.45) is 2.22. The zero-order valence-corrected chi connectivity index (χ0v) is 15.2. The Bertz CT molecular complexity index is 554. The highest BCUT2D eigenvalue weighted by atomic mass is 35.5. The van der Waals surface area contributed by atoms with E-state index < -0.39 is 17.4 Å². The van der Waals surface area contributed by atoms with E-state index in [0.29, 0.717) is 11.6 Å². The van der Waals surface area contributed by atoms with Gasteiger partial charge in [-0.25, -0.2) is 0 Å². The van der Waals surface area contributed by atoms with Crippen LogP contribution in [-0.2, 0) is 14.3 Å². The Morgan fingerprint density at radius 2 is 1.74 bits per heavy atom. The summed E-state index contributed by atoms with van der Waals surface area (Å²) in [5.74, 6) is -1.09. The molecule has 0 bridgehead atoms. The number of esters is 2. The van der Waals surface area contributed by atoms with Gasteiger partial charge in [0.1, 0.15) is 0 Å². The topological polar surface area (TPSA) is 52.6 Å². The fourth-order valence-electron chi connectivity index (χ4n) is 2.11. The lowest BCUT2D eigenvalue weighted by Crippen LogP contribution is -2.42. The highest BCUT2D eigenvalue weighted by Gasteiger charge is 2.46. The molecule has 4 nitrogen and oxygen atoms in total. The minimum Gasteiger partial charge on any atom is -0.465 e. The van der Waals surface area contributed by atoms with Crippen molar-refractivity contribution in [2.24, 2.45) is 5.41 Å². The SMILES string of the molecule is CCCCOC(=O)C(CC)(CC)C(=O)Oc1cc(Cl)ccc1Cl. The molecule has 0 N–H and O–H groups in total. The van der Waals surface area contributed by atoms with E-state index in [2.05, 4.69) is 0 Å². The molecular formula is C17H22Cl2O4. The molecule has 0 radical (unpaired) electrons. The Morgan fingerprint density at radius 1 is 1.09 bits per heavy atom. The number of carbonyl (C=O) groups is 2. The summed E-state index contributed by atoms with van der Waals surface area (Å²) in [5.41, 5.74) is -1.33. The van der Waals surface area contributed by atoms with Gasteiger partial charge in [-0.05, 0) is 31.4 Å². The molecule has 0 aliphatic rings. The van der Waals surface area contributed by atoms with Crippen molar-refractivity contribution < 1.29 is 19.1 Å². The summed E-state index contributed by atoms with van der Waals surface area (Å²) in [6, 6.07) is 4.57. The Labute approximate surface area is 147 Å². The average molecular weight is 361 g/mol. The van der Waals surface area contributed by atoms with Gasteiger partial charge < -0.3 is 9.47 Å². The van der Waals surface area contributed by atoms with E-state index in [-0.39, 0.29) is 23.6 Å². The van der Waals surface area contributed by atoms with Crippen molar-refractivity contribution in [2.45, 2.75) is 46.5 Å². The largest absolute Gasteiger partial charge is 0.465 e. The number of hydrogen-bond donors (Lipinski definition) is 0. The highest BCUT2D eigenvalue weighted by Crippen LogP contribution is 2.34.